The van der Waals surface area contributed by atoms with Gasteiger partial charge in [-0.05, 0) is 17.9 Å². The molecule has 0 N–H and O–H groups in total. The van der Waals surface area contributed by atoms with Gasteiger partial charge >= 0.3 is 0 Å². The van der Waals surface area contributed by atoms with Crippen molar-refractivity contribution in [1.82, 2.24) is 0 Å². The van der Waals surface area contributed by atoms with Crippen molar-refractivity contribution < 1.29 is 4.79 Å². The first-order chi connectivity index (χ1) is 9.22. The highest BCUT2D eigenvalue weighted by atomic mass is 16.1. The number of carbonyl (C=O) groups excluding carboxylic acids is 1. The minimum absolute atomic E-state index is 0.0902. The Balaban J connectivity index is 2.34. The summed E-state index contributed by atoms with van der Waals surface area (Å²) in [6, 6.07) is 17.2. The molecule has 0 aliphatic heterocycles. The van der Waals surface area contributed by atoms with Gasteiger partial charge in [0.25, 0.3) is 0 Å². The molecule has 0 aromatic heterocycles. The normalized spacial score (nSPS) is 11.8. The van der Waals surface area contributed by atoms with Crippen LogP contribution in [-0.2, 0) is 6.42 Å². The van der Waals surface area contributed by atoms with E-state index in [4.69, 9.17) is 0 Å². The van der Waals surface area contributed by atoms with Gasteiger partial charge in [0.2, 0.25) is 0 Å². The van der Waals surface area contributed by atoms with Gasteiger partial charge in [-0.15, -0.1) is 6.58 Å². The van der Waals surface area contributed by atoms with Crippen LogP contribution in [0.15, 0.2) is 67.3 Å². The number of ketones is 1. The van der Waals surface area contributed by atoms with Crippen molar-refractivity contribution in [3.05, 3.63) is 83.9 Å². The lowest BCUT2D eigenvalue weighted by Gasteiger charge is -2.11. The molecule has 0 radical (unpaired) electrons. The molecule has 0 fully saturated rings. The lowest BCUT2D eigenvalue weighted by atomic mass is 9.92. The molecule has 1 atom stereocenters. The van der Waals surface area contributed by atoms with Crippen LogP contribution in [0.4, 0.5) is 0 Å². The van der Waals surface area contributed by atoms with Crippen molar-refractivity contribution in [2.45, 2.75) is 13.3 Å². The molecule has 2 rings (SSSR count). The largest absolute Gasteiger partial charge is 0.289 e. The summed E-state index contributed by atoms with van der Waals surface area (Å²) >= 11 is 0. The van der Waals surface area contributed by atoms with Crippen LogP contribution in [0.5, 0.6) is 0 Å². The van der Waals surface area contributed by atoms with Crippen LogP contribution in [0.25, 0.3) is 0 Å². The van der Waals surface area contributed by atoms with Gasteiger partial charge in [-0.2, -0.15) is 0 Å². The van der Waals surface area contributed by atoms with Gasteiger partial charge in [0, 0.05) is 11.1 Å². The van der Waals surface area contributed by atoms with Gasteiger partial charge in [0.05, 0.1) is 0 Å². The maximum atomic E-state index is 12.5. The highest BCUT2D eigenvalue weighted by molar-refractivity contribution is 6.09. The van der Waals surface area contributed by atoms with E-state index in [1.165, 1.54) is 0 Å². The number of hydrogen-bond acceptors (Lipinski definition) is 1. The first-order valence-corrected chi connectivity index (χ1v) is 6.52. The van der Waals surface area contributed by atoms with Gasteiger partial charge in [0.1, 0.15) is 0 Å². The number of allylic oxidation sites excluding steroid dienone is 1. The van der Waals surface area contributed by atoms with Crippen molar-refractivity contribution in [3.8, 4) is 0 Å². The summed E-state index contributed by atoms with van der Waals surface area (Å²) < 4.78 is 0. The van der Waals surface area contributed by atoms with Gasteiger partial charge in [-0.1, -0.05) is 67.6 Å². The third kappa shape index (κ3) is 3.19. The summed E-state index contributed by atoms with van der Waals surface area (Å²) in [7, 11) is 0. The molecule has 2 aromatic rings. The van der Waals surface area contributed by atoms with Crippen molar-refractivity contribution in [3.63, 3.8) is 0 Å². The van der Waals surface area contributed by atoms with E-state index >= 15 is 0 Å². The molecule has 0 heterocycles. The number of rotatable bonds is 5. The Kier molecular flexibility index (Phi) is 4.30. The molecule has 0 saturated carbocycles. The van der Waals surface area contributed by atoms with E-state index in [9.17, 15) is 4.79 Å². The summed E-state index contributed by atoms with van der Waals surface area (Å²) in [5.74, 6) is 0.456. The molecular formula is C18H18O. The summed E-state index contributed by atoms with van der Waals surface area (Å²) in [6.07, 6.45) is 2.77. The Morgan fingerprint density at radius 3 is 2.42 bits per heavy atom. The molecular weight excluding hydrogens is 232 g/mol. The van der Waals surface area contributed by atoms with E-state index in [0.29, 0.717) is 5.92 Å². The Bertz CT molecular complexity index is 569. The SMILES string of the molecule is C=CC(C)Cc1ccccc1C(=O)c1ccccc1. The first kappa shape index (κ1) is 13.3. The maximum absolute atomic E-state index is 12.5. The highest BCUT2D eigenvalue weighted by Gasteiger charge is 2.13. The monoisotopic (exact) mass is 250 g/mol. The van der Waals surface area contributed by atoms with Gasteiger partial charge in [0.15, 0.2) is 5.78 Å². The number of hydrogen-bond donors (Lipinski definition) is 0. The van der Waals surface area contributed by atoms with E-state index in [-0.39, 0.29) is 5.78 Å². The van der Waals surface area contributed by atoms with Crippen LogP contribution < -0.4 is 0 Å². The molecule has 0 aliphatic carbocycles. The van der Waals surface area contributed by atoms with E-state index < -0.39 is 0 Å². The van der Waals surface area contributed by atoms with Gasteiger partial charge in [-0.3, -0.25) is 4.79 Å². The molecule has 0 saturated heterocycles. The predicted octanol–water partition coefficient (Wildman–Crippen LogP) is 4.28. The molecule has 19 heavy (non-hydrogen) atoms. The molecule has 0 amide bonds. The fourth-order valence-corrected chi connectivity index (χ4v) is 2.10. The summed E-state index contributed by atoms with van der Waals surface area (Å²) in [5.41, 5.74) is 2.62. The predicted molar refractivity (Wildman–Crippen MR) is 79.4 cm³/mol. The minimum Gasteiger partial charge on any atom is -0.289 e. The van der Waals surface area contributed by atoms with Crippen LogP contribution in [-0.4, -0.2) is 5.78 Å². The first-order valence-electron chi connectivity index (χ1n) is 6.52. The topological polar surface area (TPSA) is 17.1 Å². The maximum Gasteiger partial charge on any atom is 0.193 e. The molecule has 1 nitrogen and oxygen atoms in total. The third-order valence-electron chi connectivity index (χ3n) is 3.24. The van der Waals surface area contributed by atoms with Gasteiger partial charge < -0.3 is 0 Å². The third-order valence-corrected chi connectivity index (χ3v) is 3.24. The van der Waals surface area contributed by atoms with Crippen LogP contribution in [0.2, 0.25) is 0 Å². The van der Waals surface area contributed by atoms with E-state index in [1.54, 1.807) is 0 Å². The standard InChI is InChI=1S/C18H18O/c1-3-14(2)13-16-11-7-8-12-17(16)18(19)15-9-5-4-6-10-15/h3-12,14H,1,13H2,2H3. The van der Waals surface area contributed by atoms with Gasteiger partial charge in [-0.25, -0.2) is 0 Å². The highest BCUT2D eigenvalue weighted by Crippen LogP contribution is 2.18. The second-order valence-corrected chi connectivity index (χ2v) is 4.77. The zero-order chi connectivity index (χ0) is 13.7. The van der Waals surface area contributed by atoms with E-state index in [0.717, 1.165) is 23.1 Å². The lowest BCUT2D eigenvalue weighted by molar-refractivity contribution is 0.103. The van der Waals surface area contributed by atoms with E-state index in [1.807, 2.05) is 60.7 Å². The lowest BCUT2D eigenvalue weighted by Crippen LogP contribution is -2.07. The average molecular weight is 250 g/mol. The quantitative estimate of drug-likeness (QED) is 0.571. The van der Waals surface area contributed by atoms with Crippen LogP contribution >= 0.6 is 0 Å². The fourth-order valence-electron chi connectivity index (χ4n) is 2.10. The van der Waals surface area contributed by atoms with E-state index in [2.05, 4.69) is 13.5 Å². The Labute approximate surface area is 114 Å². The molecule has 0 spiro atoms. The van der Waals surface area contributed by atoms with Crippen LogP contribution in [0.3, 0.4) is 0 Å². The zero-order valence-corrected chi connectivity index (χ0v) is 11.2. The number of carbonyl (C=O) groups is 1. The van der Waals surface area contributed by atoms with Crippen molar-refractivity contribution >= 4 is 5.78 Å². The van der Waals surface area contributed by atoms with Crippen molar-refractivity contribution in [1.29, 1.82) is 0 Å². The Morgan fingerprint density at radius 1 is 1.11 bits per heavy atom. The second-order valence-electron chi connectivity index (χ2n) is 4.77. The second kappa shape index (κ2) is 6.14. The fraction of sp³-hybridized carbons (Fsp3) is 0.167. The smallest absolute Gasteiger partial charge is 0.193 e. The van der Waals surface area contributed by atoms with Crippen LogP contribution in [0.1, 0.15) is 28.4 Å². The summed E-state index contributed by atoms with van der Waals surface area (Å²) in [5, 5.41) is 0. The van der Waals surface area contributed by atoms with Crippen LogP contribution in [0, 0.1) is 5.92 Å². The molecule has 2 aromatic carbocycles. The average Bonchev–Trinajstić information content (AvgIpc) is 2.48. The van der Waals surface area contributed by atoms with Crippen molar-refractivity contribution in [2.75, 3.05) is 0 Å². The molecule has 1 heteroatoms. The minimum atomic E-state index is 0.0902. The molecule has 1 unspecified atom stereocenters. The summed E-state index contributed by atoms with van der Waals surface area (Å²) in [6.45, 7) is 5.91. The summed E-state index contributed by atoms with van der Waals surface area (Å²) in [4.78, 5) is 12.5. The number of benzene rings is 2. The molecule has 0 aliphatic rings. The zero-order valence-electron chi connectivity index (χ0n) is 11.2. The Hall–Kier alpha value is -2.15. The van der Waals surface area contributed by atoms with Crippen molar-refractivity contribution in [2.24, 2.45) is 5.92 Å². The molecule has 96 valence electrons. The Morgan fingerprint density at radius 2 is 1.74 bits per heavy atom. The molecule has 0 bridgehead atoms.